The molecular formula is C18H20Cl2N2. The van der Waals surface area contributed by atoms with Gasteiger partial charge in [0, 0.05) is 28.8 Å². The summed E-state index contributed by atoms with van der Waals surface area (Å²) in [7, 11) is 0. The van der Waals surface area contributed by atoms with E-state index in [1.165, 1.54) is 37.1 Å². The molecule has 0 saturated carbocycles. The molecule has 0 unspecified atom stereocenters. The standard InChI is InChI=1S/C18H20Cl2N2/c19-16-4-3-5-17(11-16)21-12-14-6-7-15(18(20)10-14)13-22-8-1-2-9-22/h3-7,10-11,21H,1-2,8-9,12-13H2. The minimum Gasteiger partial charge on any atom is -0.381 e. The lowest BCUT2D eigenvalue weighted by atomic mass is 10.1. The van der Waals surface area contributed by atoms with Gasteiger partial charge in [0.1, 0.15) is 0 Å². The highest BCUT2D eigenvalue weighted by molar-refractivity contribution is 6.31. The van der Waals surface area contributed by atoms with Crippen molar-refractivity contribution in [1.29, 1.82) is 0 Å². The molecule has 1 fully saturated rings. The van der Waals surface area contributed by atoms with Crippen molar-refractivity contribution >= 4 is 28.9 Å². The van der Waals surface area contributed by atoms with Crippen molar-refractivity contribution in [2.75, 3.05) is 18.4 Å². The third-order valence-corrected chi connectivity index (χ3v) is 4.62. The van der Waals surface area contributed by atoms with E-state index in [9.17, 15) is 0 Å². The summed E-state index contributed by atoms with van der Waals surface area (Å²) >= 11 is 12.4. The van der Waals surface area contributed by atoms with Crippen LogP contribution in [0.3, 0.4) is 0 Å². The van der Waals surface area contributed by atoms with E-state index in [1.807, 2.05) is 24.3 Å². The summed E-state index contributed by atoms with van der Waals surface area (Å²) in [5, 5.41) is 4.97. The molecule has 2 aromatic rings. The number of hydrogen-bond donors (Lipinski definition) is 1. The lowest BCUT2D eigenvalue weighted by Crippen LogP contribution is -2.18. The highest BCUT2D eigenvalue weighted by atomic mass is 35.5. The van der Waals surface area contributed by atoms with Gasteiger partial charge in [0.25, 0.3) is 0 Å². The van der Waals surface area contributed by atoms with Crippen molar-refractivity contribution in [2.45, 2.75) is 25.9 Å². The highest BCUT2D eigenvalue weighted by Gasteiger charge is 2.13. The van der Waals surface area contributed by atoms with Gasteiger partial charge in [-0.2, -0.15) is 0 Å². The summed E-state index contributed by atoms with van der Waals surface area (Å²) < 4.78 is 0. The Labute approximate surface area is 142 Å². The number of anilines is 1. The highest BCUT2D eigenvalue weighted by Crippen LogP contribution is 2.22. The minimum absolute atomic E-state index is 0.740. The van der Waals surface area contributed by atoms with Crippen molar-refractivity contribution in [3.05, 3.63) is 63.6 Å². The summed E-state index contributed by atoms with van der Waals surface area (Å²) in [6.45, 7) is 4.08. The molecule has 0 amide bonds. The zero-order valence-corrected chi connectivity index (χ0v) is 14.0. The molecule has 0 radical (unpaired) electrons. The number of nitrogens with zero attached hydrogens (tertiary/aromatic N) is 1. The smallest absolute Gasteiger partial charge is 0.0454 e. The maximum atomic E-state index is 6.44. The van der Waals surface area contributed by atoms with Gasteiger partial charge >= 0.3 is 0 Å². The Morgan fingerprint density at radius 2 is 1.82 bits per heavy atom. The maximum Gasteiger partial charge on any atom is 0.0454 e. The first kappa shape index (κ1) is 15.7. The van der Waals surface area contributed by atoms with Crippen LogP contribution in [0.1, 0.15) is 24.0 Å². The molecule has 22 heavy (non-hydrogen) atoms. The van der Waals surface area contributed by atoms with E-state index < -0.39 is 0 Å². The van der Waals surface area contributed by atoms with Gasteiger partial charge in [0.15, 0.2) is 0 Å². The number of rotatable bonds is 5. The summed E-state index contributed by atoms with van der Waals surface area (Å²) in [5.41, 5.74) is 3.41. The molecule has 3 rings (SSSR count). The molecule has 0 bridgehead atoms. The average Bonchev–Trinajstić information content (AvgIpc) is 3.01. The molecular weight excluding hydrogens is 315 g/mol. The van der Waals surface area contributed by atoms with Crippen molar-refractivity contribution in [1.82, 2.24) is 4.90 Å². The Balaban J connectivity index is 1.61. The third kappa shape index (κ3) is 4.16. The van der Waals surface area contributed by atoms with E-state index >= 15 is 0 Å². The molecule has 116 valence electrons. The second-order valence-corrected chi connectivity index (χ2v) is 6.62. The van der Waals surface area contributed by atoms with Gasteiger partial charge in [-0.15, -0.1) is 0 Å². The van der Waals surface area contributed by atoms with Gasteiger partial charge in [-0.05, 0) is 61.3 Å². The maximum absolute atomic E-state index is 6.44. The van der Waals surface area contributed by atoms with Crippen LogP contribution >= 0.6 is 23.2 Å². The monoisotopic (exact) mass is 334 g/mol. The lowest BCUT2D eigenvalue weighted by Gasteiger charge is -2.16. The molecule has 0 aliphatic carbocycles. The average molecular weight is 335 g/mol. The summed E-state index contributed by atoms with van der Waals surface area (Å²) in [6, 6.07) is 14.1. The zero-order chi connectivity index (χ0) is 15.4. The van der Waals surface area contributed by atoms with E-state index in [0.29, 0.717) is 0 Å². The largest absolute Gasteiger partial charge is 0.381 e. The van der Waals surface area contributed by atoms with Crippen LogP contribution in [0, 0.1) is 0 Å². The Morgan fingerprint density at radius 3 is 2.55 bits per heavy atom. The quantitative estimate of drug-likeness (QED) is 0.808. The topological polar surface area (TPSA) is 15.3 Å². The Morgan fingerprint density at radius 1 is 1.00 bits per heavy atom. The second kappa shape index (κ2) is 7.36. The van der Waals surface area contributed by atoms with Crippen molar-refractivity contribution in [2.24, 2.45) is 0 Å². The molecule has 2 aromatic carbocycles. The number of halogens is 2. The van der Waals surface area contributed by atoms with Crippen LogP contribution in [0.2, 0.25) is 10.0 Å². The van der Waals surface area contributed by atoms with Gasteiger partial charge in [-0.25, -0.2) is 0 Å². The van der Waals surface area contributed by atoms with Crippen LogP contribution in [0.15, 0.2) is 42.5 Å². The van der Waals surface area contributed by atoms with E-state index in [1.54, 1.807) is 0 Å². The van der Waals surface area contributed by atoms with Crippen molar-refractivity contribution in [3.63, 3.8) is 0 Å². The number of hydrogen-bond acceptors (Lipinski definition) is 2. The predicted molar refractivity (Wildman–Crippen MR) is 94.7 cm³/mol. The first-order chi connectivity index (χ1) is 10.7. The third-order valence-electron chi connectivity index (χ3n) is 4.03. The molecule has 1 N–H and O–H groups in total. The molecule has 0 spiro atoms. The van der Waals surface area contributed by atoms with Gasteiger partial charge < -0.3 is 5.32 Å². The van der Waals surface area contributed by atoms with Crippen LogP contribution in [-0.4, -0.2) is 18.0 Å². The van der Waals surface area contributed by atoms with Crippen LogP contribution < -0.4 is 5.32 Å². The summed E-state index contributed by atoms with van der Waals surface area (Å²) in [4.78, 5) is 2.46. The minimum atomic E-state index is 0.740. The predicted octanol–water partition coefficient (Wildman–Crippen LogP) is 5.20. The van der Waals surface area contributed by atoms with Gasteiger partial charge in [-0.3, -0.25) is 4.90 Å². The summed E-state index contributed by atoms with van der Waals surface area (Å²) in [5.74, 6) is 0. The SMILES string of the molecule is Clc1cccc(NCc2ccc(CN3CCCC3)c(Cl)c2)c1. The Bertz CT molecular complexity index is 637. The van der Waals surface area contributed by atoms with E-state index in [2.05, 4.69) is 28.4 Å². The zero-order valence-electron chi connectivity index (χ0n) is 12.5. The Hall–Kier alpha value is -1.22. The number of nitrogens with one attached hydrogen (secondary N) is 1. The molecule has 0 aromatic heterocycles. The molecule has 2 nitrogen and oxygen atoms in total. The van der Waals surface area contributed by atoms with Crippen LogP contribution in [0.25, 0.3) is 0 Å². The second-order valence-electron chi connectivity index (χ2n) is 5.77. The van der Waals surface area contributed by atoms with E-state index in [-0.39, 0.29) is 0 Å². The number of likely N-dealkylation sites (tertiary alicyclic amines) is 1. The first-order valence-electron chi connectivity index (χ1n) is 7.70. The van der Waals surface area contributed by atoms with Crippen molar-refractivity contribution < 1.29 is 0 Å². The lowest BCUT2D eigenvalue weighted by molar-refractivity contribution is 0.331. The van der Waals surface area contributed by atoms with Gasteiger partial charge in [-0.1, -0.05) is 41.4 Å². The fourth-order valence-electron chi connectivity index (χ4n) is 2.81. The van der Waals surface area contributed by atoms with E-state index in [0.717, 1.165) is 28.8 Å². The number of benzene rings is 2. The molecule has 1 saturated heterocycles. The molecule has 4 heteroatoms. The normalized spacial score (nSPS) is 15.2. The Kier molecular flexibility index (Phi) is 5.24. The molecule has 1 aliphatic heterocycles. The molecule has 0 atom stereocenters. The van der Waals surface area contributed by atoms with Crippen LogP contribution in [0.4, 0.5) is 5.69 Å². The summed E-state index contributed by atoms with van der Waals surface area (Å²) in [6.07, 6.45) is 2.61. The van der Waals surface area contributed by atoms with Gasteiger partial charge in [0.05, 0.1) is 0 Å². The fourth-order valence-corrected chi connectivity index (χ4v) is 3.27. The molecule has 1 heterocycles. The fraction of sp³-hybridized carbons (Fsp3) is 0.333. The van der Waals surface area contributed by atoms with Crippen LogP contribution in [-0.2, 0) is 13.1 Å². The van der Waals surface area contributed by atoms with Crippen molar-refractivity contribution in [3.8, 4) is 0 Å². The van der Waals surface area contributed by atoms with Gasteiger partial charge in [0.2, 0.25) is 0 Å². The van der Waals surface area contributed by atoms with E-state index in [4.69, 9.17) is 23.2 Å². The first-order valence-corrected chi connectivity index (χ1v) is 8.45. The molecule has 1 aliphatic rings. The van der Waals surface area contributed by atoms with Crippen LogP contribution in [0.5, 0.6) is 0 Å².